The van der Waals surface area contributed by atoms with E-state index < -0.39 is 5.54 Å². The maximum Gasteiger partial charge on any atom is 0.242 e. The molecule has 0 aliphatic heterocycles. The van der Waals surface area contributed by atoms with Crippen molar-refractivity contribution in [1.82, 2.24) is 14.4 Å². The van der Waals surface area contributed by atoms with Crippen LogP contribution in [0.4, 0.5) is 0 Å². The van der Waals surface area contributed by atoms with Gasteiger partial charge in [-0.05, 0) is 57.0 Å². The Morgan fingerprint density at radius 2 is 1.73 bits per heavy atom. The average molecular weight is 514 g/mol. The number of rotatable bonds is 16. The summed E-state index contributed by atoms with van der Waals surface area (Å²) in [5.74, 6) is 0.790. The second-order valence-corrected chi connectivity index (χ2v) is 10.6. The Labute approximate surface area is 223 Å². The van der Waals surface area contributed by atoms with E-state index in [4.69, 9.17) is 9.47 Å². The summed E-state index contributed by atoms with van der Waals surface area (Å²) in [4.78, 5) is 30.2. The van der Waals surface area contributed by atoms with E-state index in [0.717, 1.165) is 36.3 Å². The summed E-state index contributed by atoms with van der Waals surface area (Å²) < 4.78 is 12.8. The van der Waals surface area contributed by atoms with Crippen molar-refractivity contribution in [2.24, 2.45) is 0 Å². The normalized spacial score (nSPS) is 11.4. The Balaban J connectivity index is 2.12. The molecule has 0 saturated carbocycles. The van der Waals surface area contributed by atoms with Crippen molar-refractivity contribution >= 4 is 11.8 Å². The van der Waals surface area contributed by atoms with Gasteiger partial charge in [-0.2, -0.15) is 0 Å². The monoisotopic (exact) mass is 513 g/mol. The second-order valence-electron chi connectivity index (χ2n) is 10.6. The molecule has 7 heteroatoms. The maximum absolute atomic E-state index is 13.6. The van der Waals surface area contributed by atoms with Gasteiger partial charge in [-0.3, -0.25) is 9.59 Å². The van der Waals surface area contributed by atoms with Crippen LogP contribution in [0.1, 0.15) is 77.5 Å². The topological polar surface area (TPSA) is 64.0 Å². The van der Waals surface area contributed by atoms with Crippen molar-refractivity contribution in [2.75, 3.05) is 33.9 Å². The summed E-state index contributed by atoms with van der Waals surface area (Å²) in [7, 11) is 3.29. The molecular formula is C30H47N3O4. The van der Waals surface area contributed by atoms with Crippen LogP contribution in [0.25, 0.3) is 0 Å². The van der Waals surface area contributed by atoms with Gasteiger partial charge in [0.2, 0.25) is 11.8 Å². The van der Waals surface area contributed by atoms with Crippen LogP contribution in [-0.4, -0.2) is 65.6 Å². The molecule has 0 radical (unpaired) electrons. The number of aromatic nitrogens is 1. The third-order valence-electron chi connectivity index (χ3n) is 6.58. The number of carbonyl (C=O) groups excluding carboxylic acids is 2. The first-order valence-corrected chi connectivity index (χ1v) is 13.5. The van der Waals surface area contributed by atoms with Gasteiger partial charge in [-0.15, -0.1) is 0 Å². The van der Waals surface area contributed by atoms with Crippen molar-refractivity contribution in [2.45, 2.75) is 84.8 Å². The van der Waals surface area contributed by atoms with E-state index in [-0.39, 0.29) is 18.4 Å². The number of unbranched alkanes of at least 4 members (excludes halogenated alkanes) is 4. The molecule has 37 heavy (non-hydrogen) atoms. The summed E-state index contributed by atoms with van der Waals surface area (Å²) in [6.45, 7) is 10.3. The number of ether oxygens (including phenoxy) is 2. The molecule has 1 aromatic carbocycles. The zero-order chi connectivity index (χ0) is 27.3. The molecule has 206 valence electrons. The Bertz CT molecular complexity index is 964. The lowest BCUT2D eigenvalue weighted by Crippen LogP contribution is -2.50. The van der Waals surface area contributed by atoms with E-state index in [1.54, 1.807) is 19.1 Å². The predicted molar refractivity (Wildman–Crippen MR) is 149 cm³/mol. The largest absolute Gasteiger partial charge is 0.497 e. The Morgan fingerprint density at radius 1 is 0.973 bits per heavy atom. The summed E-state index contributed by atoms with van der Waals surface area (Å²) in [5, 5.41) is 0. The van der Waals surface area contributed by atoms with Crippen LogP contribution in [0, 0.1) is 0 Å². The van der Waals surface area contributed by atoms with Crippen LogP contribution < -0.4 is 4.74 Å². The molecule has 0 aliphatic carbocycles. The fourth-order valence-electron chi connectivity index (χ4n) is 4.36. The van der Waals surface area contributed by atoms with Crippen LogP contribution >= 0.6 is 0 Å². The van der Waals surface area contributed by atoms with Gasteiger partial charge in [0.05, 0.1) is 26.8 Å². The number of hydrogen-bond donors (Lipinski definition) is 0. The lowest BCUT2D eigenvalue weighted by Gasteiger charge is -2.37. The molecule has 0 bridgehead atoms. The predicted octanol–water partition coefficient (Wildman–Crippen LogP) is 5.51. The number of methoxy groups -OCH3 is 2. The molecule has 2 rings (SSSR count). The van der Waals surface area contributed by atoms with E-state index in [1.165, 1.54) is 12.8 Å². The number of amides is 2. The minimum Gasteiger partial charge on any atom is -0.497 e. The standard InChI is InChI=1S/C30H47N3O4/c1-7-8-9-10-11-17-28(34)32(19-20-36-5)24-29(35)33(30(2,3)4)23-26-15-13-18-31(26)22-25-14-12-16-27(21-25)37-6/h12-16,18,21H,7-11,17,19-20,22-24H2,1-6H3. The molecule has 0 aliphatic rings. The van der Waals surface area contributed by atoms with Gasteiger partial charge in [0, 0.05) is 44.0 Å². The van der Waals surface area contributed by atoms with Crippen LogP contribution in [-0.2, 0) is 27.4 Å². The quantitative estimate of drug-likeness (QED) is 0.278. The minimum absolute atomic E-state index is 0.0251. The minimum atomic E-state index is -0.404. The van der Waals surface area contributed by atoms with Gasteiger partial charge in [0.15, 0.2) is 0 Å². The first-order valence-electron chi connectivity index (χ1n) is 13.5. The van der Waals surface area contributed by atoms with Gasteiger partial charge >= 0.3 is 0 Å². The third-order valence-corrected chi connectivity index (χ3v) is 6.58. The average Bonchev–Trinajstić information content (AvgIpc) is 3.30. The van der Waals surface area contributed by atoms with Crippen LogP contribution in [0.5, 0.6) is 5.75 Å². The molecule has 0 unspecified atom stereocenters. The molecule has 0 atom stereocenters. The molecule has 1 heterocycles. The van der Waals surface area contributed by atoms with Gasteiger partial charge < -0.3 is 23.8 Å². The van der Waals surface area contributed by atoms with E-state index in [9.17, 15) is 9.59 Å². The van der Waals surface area contributed by atoms with E-state index in [2.05, 4.69) is 23.6 Å². The van der Waals surface area contributed by atoms with Crippen LogP contribution in [0.3, 0.4) is 0 Å². The Morgan fingerprint density at radius 3 is 2.41 bits per heavy atom. The van der Waals surface area contributed by atoms with Crippen molar-refractivity contribution in [1.29, 1.82) is 0 Å². The fourth-order valence-corrected chi connectivity index (χ4v) is 4.36. The Kier molecular flexibility index (Phi) is 12.7. The Hall–Kier alpha value is -2.80. The fraction of sp³-hybridized carbons (Fsp3) is 0.600. The maximum atomic E-state index is 13.6. The number of nitrogens with zero attached hydrogens (tertiary/aromatic N) is 3. The first-order chi connectivity index (χ1) is 17.7. The zero-order valence-corrected chi connectivity index (χ0v) is 23.8. The van der Waals surface area contributed by atoms with Gasteiger partial charge in [0.25, 0.3) is 0 Å². The summed E-state index contributed by atoms with van der Waals surface area (Å²) >= 11 is 0. The number of carbonyl (C=O) groups is 2. The molecule has 0 spiro atoms. The highest BCUT2D eigenvalue weighted by Gasteiger charge is 2.29. The van der Waals surface area contributed by atoms with E-state index >= 15 is 0 Å². The molecule has 1 aromatic heterocycles. The van der Waals surface area contributed by atoms with Crippen LogP contribution in [0.2, 0.25) is 0 Å². The number of benzene rings is 1. The van der Waals surface area contributed by atoms with Crippen molar-refractivity contribution in [3.05, 3.63) is 53.9 Å². The highest BCUT2D eigenvalue weighted by Crippen LogP contribution is 2.21. The molecular weight excluding hydrogens is 466 g/mol. The molecule has 7 nitrogen and oxygen atoms in total. The summed E-state index contributed by atoms with van der Waals surface area (Å²) in [5.41, 5.74) is 1.76. The van der Waals surface area contributed by atoms with Gasteiger partial charge in [-0.25, -0.2) is 0 Å². The second kappa shape index (κ2) is 15.5. The highest BCUT2D eigenvalue weighted by atomic mass is 16.5. The smallest absolute Gasteiger partial charge is 0.242 e. The van der Waals surface area contributed by atoms with Gasteiger partial charge in [-0.1, -0.05) is 44.7 Å². The highest BCUT2D eigenvalue weighted by molar-refractivity contribution is 5.85. The number of hydrogen-bond acceptors (Lipinski definition) is 4. The van der Waals surface area contributed by atoms with E-state index in [1.807, 2.05) is 56.1 Å². The molecule has 2 aromatic rings. The summed E-state index contributed by atoms with van der Waals surface area (Å²) in [6, 6.07) is 12.1. The zero-order valence-electron chi connectivity index (χ0n) is 23.8. The van der Waals surface area contributed by atoms with Crippen molar-refractivity contribution in [3.8, 4) is 5.75 Å². The molecule has 0 saturated heterocycles. The third kappa shape index (κ3) is 10.2. The molecule has 0 fully saturated rings. The van der Waals surface area contributed by atoms with Crippen molar-refractivity contribution < 1.29 is 19.1 Å². The van der Waals surface area contributed by atoms with Crippen LogP contribution in [0.15, 0.2) is 42.6 Å². The SMILES string of the molecule is CCCCCCCC(=O)N(CCOC)CC(=O)N(Cc1cccn1Cc1cccc(OC)c1)C(C)(C)C. The lowest BCUT2D eigenvalue weighted by molar-refractivity contribution is -0.144. The molecule has 0 N–H and O–H groups in total. The summed E-state index contributed by atoms with van der Waals surface area (Å²) in [6.07, 6.45) is 7.93. The first kappa shape index (κ1) is 30.4. The van der Waals surface area contributed by atoms with Gasteiger partial charge in [0.1, 0.15) is 5.75 Å². The molecule has 2 amide bonds. The van der Waals surface area contributed by atoms with E-state index in [0.29, 0.717) is 32.7 Å². The lowest BCUT2D eigenvalue weighted by atomic mass is 10.0. The van der Waals surface area contributed by atoms with Crippen molar-refractivity contribution in [3.63, 3.8) is 0 Å².